The topological polar surface area (TPSA) is 9.23 Å². The first kappa shape index (κ1) is 14.6. The normalized spacial score (nSPS) is 18.9. The molecule has 0 radical (unpaired) electrons. The summed E-state index contributed by atoms with van der Waals surface area (Å²) < 4.78 is 5.51. The minimum absolute atomic E-state index is 0.275. The fourth-order valence-electron chi connectivity index (χ4n) is 2.43. The van der Waals surface area contributed by atoms with E-state index in [1.54, 1.807) is 0 Å². The van der Waals surface area contributed by atoms with E-state index in [0.717, 1.165) is 5.92 Å². The zero-order chi connectivity index (χ0) is 12.9. The Morgan fingerprint density at radius 2 is 1.82 bits per heavy atom. The van der Waals surface area contributed by atoms with Gasteiger partial charge in [-0.1, -0.05) is 52.4 Å². The van der Waals surface area contributed by atoms with Crippen molar-refractivity contribution in [3.63, 3.8) is 0 Å². The van der Waals surface area contributed by atoms with Crippen LogP contribution in [-0.4, -0.2) is 9.04 Å². The van der Waals surface area contributed by atoms with E-state index in [0.29, 0.717) is 5.92 Å². The van der Waals surface area contributed by atoms with Gasteiger partial charge in [0.25, 0.3) is 0 Å². The molecule has 0 saturated heterocycles. The molecule has 1 aliphatic rings. The van der Waals surface area contributed by atoms with Crippen molar-refractivity contribution in [3.05, 3.63) is 0 Å². The third kappa shape index (κ3) is 5.63. The van der Waals surface area contributed by atoms with E-state index in [2.05, 4.69) is 45.9 Å². The smallest absolute Gasteiger partial charge is 0.244 e. The Balaban J connectivity index is 2.56. The van der Waals surface area contributed by atoms with Gasteiger partial charge in [-0.05, 0) is 30.8 Å². The summed E-state index contributed by atoms with van der Waals surface area (Å²) in [6.07, 6.45) is 9.90. The van der Waals surface area contributed by atoms with Crippen molar-refractivity contribution >= 4 is 9.04 Å². The van der Waals surface area contributed by atoms with E-state index in [4.69, 9.17) is 4.43 Å². The molecular weight excluding hydrogens is 224 g/mol. The van der Waals surface area contributed by atoms with E-state index in [9.17, 15) is 0 Å². The van der Waals surface area contributed by atoms with E-state index >= 15 is 0 Å². The highest BCUT2D eigenvalue weighted by Crippen LogP contribution is 2.36. The number of hydrogen-bond donors (Lipinski definition) is 0. The molecule has 98 valence electrons. The predicted molar refractivity (Wildman–Crippen MR) is 77.3 cm³/mol. The van der Waals surface area contributed by atoms with Crippen LogP contribution in [0.25, 0.3) is 0 Å². The van der Waals surface area contributed by atoms with Crippen LogP contribution in [0.15, 0.2) is 0 Å². The predicted octanol–water partition coefficient (Wildman–Crippen LogP) is 4.19. The molecule has 1 aliphatic carbocycles. The molecule has 0 unspecified atom stereocenters. The first-order valence-electron chi connectivity index (χ1n) is 7.05. The van der Waals surface area contributed by atoms with Crippen molar-refractivity contribution < 1.29 is 4.43 Å². The maximum atomic E-state index is 5.51. The fraction of sp³-hybridized carbons (Fsp3) is 0.867. The molecule has 2 heteroatoms. The Morgan fingerprint density at radius 3 is 2.29 bits per heavy atom. The SMILES string of the molecule is C[SiH](C)OC#C[C@@H](CC1CCCC1)C(C)(C)C. The third-order valence-corrected chi connectivity index (χ3v) is 4.21. The molecule has 1 fully saturated rings. The van der Waals surface area contributed by atoms with Crippen LogP contribution in [0.1, 0.15) is 52.9 Å². The van der Waals surface area contributed by atoms with Crippen molar-refractivity contribution in [1.29, 1.82) is 0 Å². The van der Waals surface area contributed by atoms with Crippen molar-refractivity contribution in [2.24, 2.45) is 17.3 Å². The second kappa shape index (κ2) is 6.49. The minimum Gasteiger partial charge on any atom is -0.505 e. The van der Waals surface area contributed by atoms with E-state index in [-0.39, 0.29) is 5.41 Å². The maximum absolute atomic E-state index is 5.51. The Kier molecular flexibility index (Phi) is 5.59. The van der Waals surface area contributed by atoms with Crippen LogP contribution >= 0.6 is 0 Å². The van der Waals surface area contributed by atoms with E-state index in [1.165, 1.54) is 32.1 Å². The molecule has 0 spiro atoms. The summed E-state index contributed by atoms with van der Waals surface area (Å²) in [5, 5.41) is 0. The Labute approximate surface area is 109 Å². The van der Waals surface area contributed by atoms with Gasteiger partial charge < -0.3 is 4.43 Å². The minimum atomic E-state index is -0.995. The largest absolute Gasteiger partial charge is 0.505 e. The van der Waals surface area contributed by atoms with Crippen molar-refractivity contribution in [2.75, 3.05) is 0 Å². The van der Waals surface area contributed by atoms with Gasteiger partial charge in [0.1, 0.15) is 0 Å². The summed E-state index contributed by atoms with van der Waals surface area (Å²) >= 11 is 0. The average Bonchev–Trinajstić information content (AvgIpc) is 2.66. The molecule has 0 aromatic carbocycles. The summed E-state index contributed by atoms with van der Waals surface area (Å²) in [6, 6.07) is 0. The molecule has 0 aliphatic heterocycles. The van der Waals surface area contributed by atoms with Crippen LogP contribution in [0, 0.1) is 29.3 Å². The summed E-state index contributed by atoms with van der Waals surface area (Å²) in [5.74, 6) is 4.77. The first-order chi connectivity index (χ1) is 7.89. The molecule has 1 rings (SSSR count). The van der Waals surface area contributed by atoms with Crippen LogP contribution in [0.5, 0.6) is 0 Å². The summed E-state index contributed by atoms with van der Waals surface area (Å²) in [4.78, 5) is 0. The molecule has 0 aromatic heterocycles. The molecule has 0 N–H and O–H groups in total. The van der Waals surface area contributed by atoms with Gasteiger partial charge in [-0.25, -0.2) is 0 Å². The third-order valence-electron chi connectivity index (χ3n) is 3.62. The molecular formula is C15H28OSi. The molecule has 0 heterocycles. The van der Waals surface area contributed by atoms with E-state index in [1.807, 2.05) is 0 Å². The van der Waals surface area contributed by atoms with Gasteiger partial charge in [-0.15, -0.1) is 0 Å². The first-order valence-corrected chi connectivity index (χ1v) is 9.84. The molecule has 1 nitrogen and oxygen atoms in total. The van der Waals surface area contributed by atoms with Gasteiger partial charge in [0.15, 0.2) is 0 Å². The van der Waals surface area contributed by atoms with Crippen LogP contribution in [0.4, 0.5) is 0 Å². The zero-order valence-electron chi connectivity index (χ0n) is 12.2. The summed E-state index contributed by atoms with van der Waals surface area (Å²) in [7, 11) is -0.995. The van der Waals surface area contributed by atoms with Gasteiger partial charge >= 0.3 is 0 Å². The lowest BCUT2D eigenvalue weighted by molar-refractivity contribution is 0.251. The number of hydrogen-bond acceptors (Lipinski definition) is 1. The second-order valence-electron chi connectivity index (χ2n) is 6.72. The van der Waals surface area contributed by atoms with Crippen molar-refractivity contribution in [1.82, 2.24) is 0 Å². The molecule has 1 atom stereocenters. The lowest BCUT2D eigenvalue weighted by atomic mass is 9.76. The molecule has 0 aromatic rings. The van der Waals surface area contributed by atoms with Crippen LogP contribution < -0.4 is 0 Å². The van der Waals surface area contributed by atoms with Gasteiger partial charge in [0.2, 0.25) is 9.04 Å². The van der Waals surface area contributed by atoms with Crippen LogP contribution in [0.3, 0.4) is 0 Å². The highest BCUT2D eigenvalue weighted by atomic mass is 28.3. The highest BCUT2D eigenvalue weighted by Gasteiger charge is 2.27. The average molecular weight is 252 g/mol. The number of rotatable bonds is 3. The van der Waals surface area contributed by atoms with Crippen LogP contribution in [-0.2, 0) is 4.43 Å². The standard InChI is InChI=1S/C15H28OSi/c1-15(2,3)14(10-11-16-17(4)5)12-13-8-6-7-9-13/h13-14,17H,6-9,12H2,1-5H3/t14-/m0/s1. The molecule has 17 heavy (non-hydrogen) atoms. The molecule has 1 saturated carbocycles. The lowest BCUT2D eigenvalue weighted by Gasteiger charge is -2.28. The van der Waals surface area contributed by atoms with E-state index < -0.39 is 9.04 Å². The van der Waals surface area contributed by atoms with Crippen molar-refractivity contribution in [3.8, 4) is 12.0 Å². The summed E-state index contributed by atoms with van der Waals surface area (Å²) in [5.41, 5.74) is 0.275. The van der Waals surface area contributed by atoms with Crippen molar-refractivity contribution in [2.45, 2.75) is 66.0 Å². The fourth-order valence-corrected chi connectivity index (χ4v) is 2.74. The quantitative estimate of drug-likeness (QED) is 0.540. The maximum Gasteiger partial charge on any atom is 0.244 e. The zero-order valence-corrected chi connectivity index (χ0v) is 13.3. The van der Waals surface area contributed by atoms with Gasteiger partial charge in [-0.3, -0.25) is 0 Å². The Morgan fingerprint density at radius 1 is 1.24 bits per heavy atom. The highest BCUT2D eigenvalue weighted by molar-refractivity contribution is 6.48. The van der Waals surface area contributed by atoms with Crippen LogP contribution in [0.2, 0.25) is 13.1 Å². The Bertz CT molecular complexity index is 274. The Hall–Kier alpha value is -0.423. The van der Waals surface area contributed by atoms with Gasteiger partial charge in [0, 0.05) is 5.92 Å². The van der Waals surface area contributed by atoms with Gasteiger partial charge in [0.05, 0.1) is 6.11 Å². The van der Waals surface area contributed by atoms with Gasteiger partial charge in [-0.2, -0.15) is 0 Å². The summed E-state index contributed by atoms with van der Waals surface area (Å²) in [6.45, 7) is 11.2. The molecule has 0 bridgehead atoms. The molecule has 0 amide bonds. The monoisotopic (exact) mass is 252 g/mol. The lowest BCUT2D eigenvalue weighted by Crippen LogP contribution is -2.21. The second-order valence-corrected chi connectivity index (χ2v) is 9.05.